The number of para-hydroxylation sites is 1. The van der Waals surface area contributed by atoms with Crippen molar-refractivity contribution < 1.29 is 9.84 Å². The Morgan fingerprint density at radius 2 is 1.88 bits per heavy atom. The summed E-state index contributed by atoms with van der Waals surface area (Å²) in [4.78, 5) is 0. The van der Waals surface area contributed by atoms with Crippen molar-refractivity contribution in [2.24, 2.45) is 0 Å². The van der Waals surface area contributed by atoms with Gasteiger partial charge in [-0.3, -0.25) is 5.32 Å². The van der Waals surface area contributed by atoms with Gasteiger partial charge in [-0.1, -0.05) is 25.1 Å². The Kier molecular flexibility index (Phi) is 5.45. The van der Waals surface area contributed by atoms with Crippen LogP contribution in [0.3, 0.4) is 0 Å². The predicted octanol–water partition coefficient (Wildman–Crippen LogP) is 2.39. The monoisotopic (exact) mass is 237 g/mol. The van der Waals surface area contributed by atoms with Gasteiger partial charge in [-0.25, -0.2) is 0 Å². The van der Waals surface area contributed by atoms with Crippen molar-refractivity contribution in [1.29, 1.82) is 0 Å². The average Bonchev–Trinajstić information content (AvgIpc) is 2.31. The number of aliphatic hydroxyl groups is 1. The van der Waals surface area contributed by atoms with Crippen molar-refractivity contribution in [2.75, 3.05) is 6.61 Å². The summed E-state index contributed by atoms with van der Waals surface area (Å²) in [6.07, 6.45) is 0.781. The maximum atomic E-state index is 9.13. The fourth-order valence-electron chi connectivity index (χ4n) is 1.83. The second-order valence-electron chi connectivity index (χ2n) is 4.44. The molecule has 0 spiro atoms. The van der Waals surface area contributed by atoms with Gasteiger partial charge < -0.3 is 9.84 Å². The number of benzene rings is 1. The Hall–Kier alpha value is -1.06. The molecule has 0 fully saturated rings. The van der Waals surface area contributed by atoms with E-state index in [4.69, 9.17) is 9.84 Å². The molecule has 0 saturated carbocycles. The van der Waals surface area contributed by atoms with Gasteiger partial charge in [0.2, 0.25) is 0 Å². The summed E-state index contributed by atoms with van der Waals surface area (Å²) in [5.41, 5.74) is 2.27. The minimum Gasteiger partial charge on any atom is -0.475 e. The first-order valence-electron chi connectivity index (χ1n) is 6.18. The molecule has 3 heteroatoms. The van der Waals surface area contributed by atoms with Gasteiger partial charge in [-0.15, -0.1) is 0 Å². The maximum Gasteiger partial charge on any atom is 0.147 e. The number of hydrogen-bond acceptors (Lipinski definition) is 3. The summed E-state index contributed by atoms with van der Waals surface area (Å²) in [5.74, 6) is 0.931. The van der Waals surface area contributed by atoms with Gasteiger partial charge >= 0.3 is 0 Å². The molecule has 1 unspecified atom stereocenters. The Bertz CT molecular complexity index is 328. The van der Waals surface area contributed by atoms with Crippen LogP contribution in [-0.4, -0.2) is 24.0 Å². The number of ether oxygens (including phenoxy) is 1. The minimum absolute atomic E-state index is 0.0920. The Balaban J connectivity index is 2.64. The van der Waals surface area contributed by atoms with Crippen LogP contribution in [0.25, 0.3) is 0 Å². The van der Waals surface area contributed by atoms with Crippen LogP contribution < -0.4 is 10.1 Å². The van der Waals surface area contributed by atoms with Gasteiger partial charge in [0.1, 0.15) is 12.0 Å². The van der Waals surface area contributed by atoms with Crippen LogP contribution in [0.1, 0.15) is 31.4 Å². The second kappa shape index (κ2) is 6.62. The van der Waals surface area contributed by atoms with Gasteiger partial charge in [0.05, 0.1) is 6.61 Å². The normalized spacial score (nSPS) is 14.4. The molecule has 3 nitrogen and oxygen atoms in total. The van der Waals surface area contributed by atoms with Gasteiger partial charge in [-0.05, 0) is 38.3 Å². The molecule has 0 aromatic heterocycles. The summed E-state index contributed by atoms with van der Waals surface area (Å²) in [5, 5.41) is 12.4. The summed E-state index contributed by atoms with van der Waals surface area (Å²) < 4.78 is 5.89. The topological polar surface area (TPSA) is 41.5 Å². The van der Waals surface area contributed by atoms with E-state index in [1.165, 1.54) is 0 Å². The zero-order chi connectivity index (χ0) is 12.8. The number of nitrogens with one attached hydrogen (secondary N) is 1. The average molecular weight is 237 g/mol. The first-order chi connectivity index (χ1) is 8.08. The minimum atomic E-state index is -0.105. The van der Waals surface area contributed by atoms with Crippen molar-refractivity contribution in [2.45, 2.75) is 46.4 Å². The molecule has 2 atom stereocenters. The molecule has 96 valence electrons. The van der Waals surface area contributed by atoms with E-state index in [0.29, 0.717) is 0 Å². The third kappa shape index (κ3) is 4.02. The zero-order valence-corrected chi connectivity index (χ0v) is 11.2. The van der Waals surface area contributed by atoms with Crippen molar-refractivity contribution in [3.8, 4) is 5.75 Å². The SMILES string of the molecule is CC[C@@H](CO)NC(C)Oc1c(C)cccc1C. The first kappa shape index (κ1) is 14.0. The van der Waals surface area contributed by atoms with Crippen LogP contribution in [0, 0.1) is 13.8 Å². The van der Waals surface area contributed by atoms with Crippen LogP contribution in [0.15, 0.2) is 18.2 Å². The third-order valence-corrected chi connectivity index (χ3v) is 2.89. The largest absolute Gasteiger partial charge is 0.475 e. The molecule has 0 aliphatic rings. The summed E-state index contributed by atoms with van der Waals surface area (Å²) in [6, 6.07) is 6.20. The second-order valence-corrected chi connectivity index (χ2v) is 4.44. The number of aliphatic hydroxyl groups excluding tert-OH is 1. The van der Waals surface area contributed by atoms with E-state index in [0.717, 1.165) is 23.3 Å². The van der Waals surface area contributed by atoms with Crippen molar-refractivity contribution in [1.82, 2.24) is 5.32 Å². The highest BCUT2D eigenvalue weighted by Gasteiger charge is 2.12. The highest BCUT2D eigenvalue weighted by molar-refractivity contribution is 5.39. The number of aryl methyl sites for hydroxylation is 2. The quantitative estimate of drug-likeness (QED) is 0.746. The zero-order valence-electron chi connectivity index (χ0n) is 11.2. The van der Waals surface area contributed by atoms with Crippen LogP contribution in [0.5, 0.6) is 5.75 Å². The van der Waals surface area contributed by atoms with Crippen molar-refractivity contribution >= 4 is 0 Å². The van der Waals surface area contributed by atoms with E-state index in [2.05, 4.69) is 5.32 Å². The fourth-order valence-corrected chi connectivity index (χ4v) is 1.83. The molecular formula is C14H23NO2. The van der Waals surface area contributed by atoms with Crippen LogP contribution in [0.2, 0.25) is 0 Å². The summed E-state index contributed by atoms with van der Waals surface area (Å²) >= 11 is 0. The summed E-state index contributed by atoms with van der Waals surface area (Å²) in [6.45, 7) is 8.22. The lowest BCUT2D eigenvalue weighted by atomic mass is 10.1. The van der Waals surface area contributed by atoms with Crippen LogP contribution in [-0.2, 0) is 0 Å². The summed E-state index contributed by atoms with van der Waals surface area (Å²) in [7, 11) is 0. The molecule has 17 heavy (non-hydrogen) atoms. The van der Waals surface area contributed by atoms with E-state index < -0.39 is 0 Å². The lowest BCUT2D eigenvalue weighted by molar-refractivity contribution is 0.136. The van der Waals surface area contributed by atoms with E-state index in [1.54, 1.807) is 0 Å². The highest BCUT2D eigenvalue weighted by Crippen LogP contribution is 2.23. The number of hydrogen-bond donors (Lipinski definition) is 2. The molecule has 0 aliphatic carbocycles. The molecule has 0 aliphatic heterocycles. The van der Waals surface area contributed by atoms with Gasteiger partial charge in [0, 0.05) is 6.04 Å². The molecule has 0 heterocycles. The molecule has 1 rings (SSSR count). The molecule has 2 N–H and O–H groups in total. The predicted molar refractivity (Wildman–Crippen MR) is 70.3 cm³/mol. The Morgan fingerprint density at radius 1 is 1.29 bits per heavy atom. The molecule has 0 bridgehead atoms. The first-order valence-corrected chi connectivity index (χ1v) is 6.18. The molecule has 1 aromatic rings. The van der Waals surface area contributed by atoms with E-state index >= 15 is 0 Å². The van der Waals surface area contributed by atoms with E-state index in [9.17, 15) is 0 Å². The van der Waals surface area contributed by atoms with Gasteiger partial charge in [-0.2, -0.15) is 0 Å². The Labute approximate surface area is 104 Å². The maximum absolute atomic E-state index is 9.13. The van der Waals surface area contributed by atoms with Gasteiger partial charge in [0.15, 0.2) is 0 Å². The van der Waals surface area contributed by atoms with Crippen LogP contribution in [0.4, 0.5) is 0 Å². The molecule has 0 saturated heterocycles. The fraction of sp³-hybridized carbons (Fsp3) is 0.571. The molecule has 0 radical (unpaired) electrons. The van der Waals surface area contributed by atoms with E-state index in [1.807, 2.05) is 45.9 Å². The lowest BCUT2D eigenvalue weighted by Crippen LogP contribution is -2.41. The van der Waals surface area contributed by atoms with Crippen molar-refractivity contribution in [3.05, 3.63) is 29.3 Å². The molecular weight excluding hydrogens is 214 g/mol. The number of rotatable bonds is 6. The molecule has 1 aromatic carbocycles. The highest BCUT2D eigenvalue weighted by atomic mass is 16.5. The van der Waals surface area contributed by atoms with Gasteiger partial charge in [0.25, 0.3) is 0 Å². The smallest absolute Gasteiger partial charge is 0.147 e. The van der Waals surface area contributed by atoms with Crippen LogP contribution >= 0.6 is 0 Å². The lowest BCUT2D eigenvalue weighted by Gasteiger charge is -2.23. The standard InChI is InChI=1S/C14H23NO2/c1-5-13(9-16)15-12(4)17-14-10(2)7-6-8-11(14)3/h6-8,12-13,15-16H,5,9H2,1-4H3/t12?,13-/m0/s1. The third-order valence-electron chi connectivity index (χ3n) is 2.89. The Morgan fingerprint density at radius 3 is 2.35 bits per heavy atom. The van der Waals surface area contributed by atoms with Crippen molar-refractivity contribution in [3.63, 3.8) is 0 Å². The van der Waals surface area contributed by atoms with E-state index in [-0.39, 0.29) is 18.9 Å². The molecule has 0 amide bonds.